The van der Waals surface area contributed by atoms with Crippen LogP contribution in [0, 0.1) is 5.92 Å². The third-order valence-electron chi connectivity index (χ3n) is 6.47. The standard InChI is InChI=1S/C22H27NO/c1-16-15-23(11-10-17-6-4-3-5-7-17)19-12-18-8-9-20(24)13-21(18)22(16,2)14-19/h3-9,13,16,19,24H,10-12,14-15H2,1-2H3. The highest BCUT2D eigenvalue weighted by Crippen LogP contribution is 2.48. The Balaban J connectivity index is 1.57. The monoisotopic (exact) mass is 321 g/mol. The number of hydrogen-bond acceptors (Lipinski definition) is 2. The Hall–Kier alpha value is -1.80. The Morgan fingerprint density at radius 3 is 2.75 bits per heavy atom. The fourth-order valence-corrected chi connectivity index (χ4v) is 4.82. The molecule has 126 valence electrons. The molecule has 3 atom stereocenters. The van der Waals surface area contributed by atoms with Gasteiger partial charge < -0.3 is 5.11 Å². The minimum atomic E-state index is 0.195. The van der Waals surface area contributed by atoms with Crippen LogP contribution in [0.5, 0.6) is 5.75 Å². The fraction of sp³-hybridized carbons (Fsp3) is 0.455. The Kier molecular flexibility index (Phi) is 3.88. The Bertz CT molecular complexity index is 726. The second-order valence-electron chi connectivity index (χ2n) is 7.95. The van der Waals surface area contributed by atoms with E-state index in [1.165, 1.54) is 23.1 Å². The van der Waals surface area contributed by atoms with Crippen LogP contribution < -0.4 is 0 Å². The van der Waals surface area contributed by atoms with Crippen LogP contribution in [0.3, 0.4) is 0 Å². The summed E-state index contributed by atoms with van der Waals surface area (Å²) < 4.78 is 0. The quantitative estimate of drug-likeness (QED) is 0.917. The molecule has 1 heterocycles. The minimum absolute atomic E-state index is 0.195. The van der Waals surface area contributed by atoms with Gasteiger partial charge in [0, 0.05) is 19.1 Å². The Labute approximate surface area is 145 Å². The van der Waals surface area contributed by atoms with Crippen molar-refractivity contribution in [2.75, 3.05) is 13.1 Å². The predicted octanol–water partition coefficient (Wildman–Crippen LogP) is 4.16. The molecule has 2 aliphatic rings. The zero-order valence-electron chi connectivity index (χ0n) is 14.7. The molecule has 4 rings (SSSR count). The van der Waals surface area contributed by atoms with E-state index in [1.54, 1.807) is 0 Å². The van der Waals surface area contributed by atoms with Crippen molar-refractivity contribution >= 4 is 0 Å². The van der Waals surface area contributed by atoms with E-state index >= 15 is 0 Å². The fourth-order valence-electron chi connectivity index (χ4n) is 4.82. The zero-order valence-corrected chi connectivity index (χ0v) is 14.7. The van der Waals surface area contributed by atoms with E-state index in [0.717, 1.165) is 25.9 Å². The van der Waals surface area contributed by atoms with Gasteiger partial charge in [-0.05, 0) is 59.4 Å². The number of nitrogens with zero attached hydrogens (tertiary/aromatic N) is 1. The van der Waals surface area contributed by atoms with Crippen molar-refractivity contribution in [1.82, 2.24) is 4.90 Å². The molecule has 2 heteroatoms. The number of fused-ring (bicyclic) bond motifs is 4. The molecule has 0 spiro atoms. The summed E-state index contributed by atoms with van der Waals surface area (Å²) in [5.74, 6) is 1.01. The number of aromatic hydroxyl groups is 1. The molecule has 0 aromatic heterocycles. The molecule has 0 amide bonds. The topological polar surface area (TPSA) is 23.5 Å². The number of benzene rings is 2. The van der Waals surface area contributed by atoms with Gasteiger partial charge in [-0.15, -0.1) is 0 Å². The maximum atomic E-state index is 9.94. The molecular formula is C22H27NO. The lowest BCUT2D eigenvalue weighted by atomic mass is 9.60. The molecule has 2 nitrogen and oxygen atoms in total. The van der Waals surface area contributed by atoms with Crippen molar-refractivity contribution in [3.05, 3.63) is 65.2 Å². The van der Waals surface area contributed by atoms with Crippen molar-refractivity contribution in [3.8, 4) is 5.75 Å². The largest absolute Gasteiger partial charge is 0.508 e. The van der Waals surface area contributed by atoms with Gasteiger partial charge in [-0.1, -0.05) is 50.2 Å². The molecule has 2 aromatic rings. The van der Waals surface area contributed by atoms with Crippen molar-refractivity contribution in [1.29, 1.82) is 0 Å². The maximum absolute atomic E-state index is 9.94. The highest BCUT2D eigenvalue weighted by Gasteiger charge is 2.46. The van der Waals surface area contributed by atoms with Gasteiger partial charge in [-0.3, -0.25) is 4.90 Å². The van der Waals surface area contributed by atoms with Gasteiger partial charge in [0.2, 0.25) is 0 Å². The van der Waals surface area contributed by atoms with E-state index in [2.05, 4.69) is 55.1 Å². The van der Waals surface area contributed by atoms with Gasteiger partial charge in [-0.25, -0.2) is 0 Å². The number of likely N-dealkylation sites (tertiary alicyclic amines) is 1. The number of hydrogen-bond donors (Lipinski definition) is 1. The number of rotatable bonds is 3. The normalized spacial score (nSPS) is 29.2. The van der Waals surface area contributed by atoms with Crippen LogP contribution in [0.4, 0.5) is 0 Å². The van der Waals surface area contributed by atoms with E-state index in [9.17, 15) is 5.11 Å². The third-order valence-corrected chi connectivity index (χ3v) is 6.47. The summed E-state index contributed by atoms with van der Waals surface area (Å²) in [5.41, 5.74) is 4.44. The van der Waals surface area contributed by atoms with Gasteiger partial charge >= 0.3 is 0 Å². The Morgan fingerprint density at radius 2 is 1.96 bits per heavy atom. The van der Waals surface area contributed by atoms with Crippen molar-refractivity contribution in [3.63, 3.8) is 0 Å². The van der Waals surface area contributed by atoms with Crippen LogP contribution in [0.1, 0.15) is 37.0 Å². The average Bonchev–Trinajstić information content (AvgIpc) is 2.59. The summed E-state index contributed by atoms with van der Waals surface area (Å²) in [7, 11) is 0. The molecule has 1 aliphatic carbocycles. The first-order valence-electron chi connectivity index (χ1n) is 9.16. The Morgan fingerprint density at radius 1 is 1.17 bits per heavy atom. The van der Waals surface area contributed by atoms with Gasteiger partial charge in [0.25, 0.3) is 0 Å². The van der Waals surface area contributed by atoms with Crippen LogP contribution in [0.2, 0.25) is 0 Å². The molecule has 1 saturated heterocycles. The lowest BCUT2D eigenvalue weighted by Crippen LogP contribution is -2.56. The minimum Gasteiger partial charge on any atom is -0.508 e. The highest BCUT2D eigenvalue weighted by atomic mass is 16.3. The second-order valence-corrected chi connectivity index (χ2v) is 7.95. The average molecular weight is 321 g/mol. The van der Waals surface area contributed by atoms with Crippen LogP contribution in [-0.2, 0) is 18.3 Å². The first-order chi connectivity index (χ1) is 11.6. The third kappa shape index (κ3) is 2.63. The predicted molar refractivity (Wildman–Crippen MR) is 98.5 cm³/mol. The first-order valence-corrected chi connectivity index (χ1v) is 9.16. The molecule has 1 fully saturated rings. The number of phenols is 1. The molecule has 3 unspecified atom stereocenters. The maximum Gasteiger partial charge on any atom is 0.115 e. The van der Waals surface area contributed by atoms with Crippen LogP contribution in [0.25, 0.3) is 0 Å². The first kappa shape index (κ1) is 15.7. The van der Waals surface area contributed by atoms with Gasteiger partial charge in [0.05, 0.1) is 0 Å². The lowest BCUT2D eigenvalue weighted by Gasteiger charge is -2.53. The van der Waals surface area contributed by atoms with Gasteiger partial charge in [0.15, 0.2) is 0 Å². The molecule has 2 aromatic carbocycles. The number of piperidine rings is 1. The van der Waals surface area contributed by atoms with Gasteiger partial charge in [0.1, 0.15) is 5.75 Å². The lowest BCUT2D eigenvalue weighted by molar-refractivity contribution is 0.0444. The van der Waals surface area contributed by atoms with E-state index < -0.39 is 0 Å². The summed E-state index contributed by atoms with van der Waals surface area (Å²) >= 11 is 0. The molecule has 1 N–H and O–H groups in total. The smallest absolute Gasteiger partial charge is 0.115 e. The van der Waals surface area contributed by atoms with E-state index in [-0.39, 0.29) is 5.41 Å². The summed E-state index contributed by atoms with van der Waals surface area (Å²) in [4.78, 5) is 2.70. The highest BCUT2D eigenvalue weighted by molar-refractivity contribution is 5.43. The summed E-state index contributed by atoms with van der Waals surface area (Å²) in [6.07, 6.45) is 3.45. The summed E-state index contributed by atoms with van der Waals surface area (Å²) in [6, 6.07) is 17.5. The SMILES string of the molecule is CC1CN(CCc2ccccc2)C2Cc3ccc(O)cc3C1(C)C2. The molecule has 0 radical (unpaired) electrons. The molecule has 0 saturated carbocycles. The van der Waals surface area contributed by atoms with E-state index in [4.69, 9.17) is 0 Å². The van der Waals surface area contributed by atoms with E-state index in [0.29, 0.717) is 17.7 Å². The van der Waals surface area contributed by atoms with Crippen molar-refractivity contribution < 1.29 is 5.11 Å². The van der Waals surface area contributed by atoms with Crippen molar-refractivity contribution in [2.24, 2.45) is 5.92 Å². The molecule has 24 heavy (non-hydrogen) atoms. The van der Waals surface area contributed by atoms with E-state index in [1.807, 2.05) is 12.1 Å². The molecular weight excluding hydrogens is 294 g/mol. The van der Waals surface area contributed by atoms with Crippen LogP contribution in [-0.4, -0.2) is 29.1 Å². The summed E-state index contributed by atoms with van der Waals surface area (Å²) in [6.45, 7) is 7.08. The molecule has 2 bridgehead atoms. The molecule has 1 aliphatic heterocycles. The zero-order chi connectivity index (χ0) is 16.7. The second kappa shape index (κ2) is 5.93. The van der Waals surface area contributed by atoms with Gasteiger partial charge in [-0.2, -0.15) is 0 Å². The van der Waals surface area contributed by atoms with Crippen LogP contribution in [0.15, 0.2) is 48.5 Å². The summed E-state index contributed by atoms with van der Waals surface area (Å²) in [5, 5.41) is 9.94. The van der Waals surface area contributed by atoms with Crippen molar-refractivity contribution in [2.45, 2.75) is 44.6 Å². The number of phenolic OH excluding ortho intramolecular Hbond substituents is 1. The van der Waals surface area contributed by atoms with Crippen LogP contribution >= 0.6 is 0 Å².